The smallest absolute Gasteiger partial charge is 0.101 e. The number of nitrogens with zero attached hydrogens (tertiary/aromatic N) is 4. The van der Waals surface area contributed by atoms with Crippen LogP contribution in [-0.2, 0) is 0 Å². The van der Waals surface area contributed by atoms with Gasteiger partial charge >= 0.3 is 0 Å². The van der Waals surface area contributed by atoms with Gasteiger partial charge in [0.15, 0.2) is 0 Å². The number of allylic oxidation sites excluding steroid dienone is 2. The van der Waals surface area contributed by atoms with Crippen molar-refractivity contribution in [3.05, 3.63) is 150 Å². The first kappa shape index (κ1) is 24.9. The first-order valence-corrected chi connectivity index (χ1v) is 14.5. The Hall–Kier alpha value is -5.84. The van der Waals surface area contributed by atoms with Crippen molar-refractivity contribution in [1.82, 2.24) is 4.57 Å². The van der Waals surface area contributed by atoms with E-state index in [4.69, 9.17) is 0 Å². The highest BCUT2D eigenvalue weighted by Gasteiger charge is 2.47. The number of para-hydroxylation sites is 4. The van der Waals surface area contributed by atoms with Gasteiger partial charge in [-0.05, 0) is 48.9 Å². The van der Waals surface area contributed by atoms with Gasteiger partial charge in [-0.3, -0.25) is 0 Å². The van der Waals surface area contributed by atoms with E-state index in [1.807, 2.05) is 48.5 Å². The summed E-state index contributed by atoms with van der Waals surface area (Å²) in [5.74, 6) is 0.162. The second-order valence-corrected chi connectivity index (χ2v) is 11.3. The molecule has 1 aromatic heterocycles. The predicted molar refractivity (Wildman–Crippen MR) is 174 cm³/mol. The van der Waals surface area contributed by atoms with Crippen molar-refractivity contribution >= 4 is 33.2 Å². The summed E-state index contributed by atoms with van der Waals surface area (Å²) in [7, 11) is 0. The topological polar surface area (TPSA) is 55.8 Å². The van der Waals surface area contributed by atoms with Crippen LogP contribution in [0.4, 0.5) is 11.4 Å². The van der Waals surface area contributed by atoms with Crippen molar-refractivity contribution in [2.75, 3.05) is 4.90 Å². The van der Waals surface area contributed by atoms with Gasteiger partial charge in [0.2, 0.25) is 0 Å². The molecule has 0 fully saturated rings. The van der Waals surface area contributed by atoms with E-state index in [-0.39, 0.29) is 11.5 Å². The minimum atomic E-state index is -0.374. The standard InChI is InChI=1S/C39H26N4/c1-39-23-9-8-18-32(39)30-16-4-7-21-35(30)43(39)36-22-11-12-26(24-40)37(36)31-17-10-13-27(25-41)38(31)42-33-19-5-2-14-28(33)29-15-3-6-20-34(29)42/h2-23,32H,1H3/t32-,39?/m0/s1. The van der Waals surface area contributed by atoms with E-state index in [1.54, 1.807) is 0 Å². The van der Waals surface area contributed by atoms with Gasteiger partial charge in [-0.15, -0.1) is 0 Å². The number of benzene rings is 5. The summed E-state index contributed by atoms with van der Waals surface area (Å²) in [6, 6.07) is 42.0. The van der Waals surface area contributed by atoms with Crippen LogP contribution in [0, 0.1) is 22.7 Å². The molecular weight excluding hydrogens is 524 g/mol. The molecule has 1 aliphatic carbocycles. The predicted octanol–water partition coefficient (Wildman–Crippen LogP) is 9.31. The fourth-order valence-corrected chi connectivity index (χ4v) is 7.30. The third-order valence-corrected chi connectivity index (χ3v) is 9.11. The molecule has 0 spiro atoms. The number of anilines is 2. The Bertz CT molecular complexity index is 2200. The number of fused-ring (bicyclic) bond motifs is 6. The summed E-state index contributed by atoms with van der Waals surface area (Å²) in [6.45, 7) is 2.26. The summed E-state index contributed by atoms with van der Waals surface area (Å²) in [4.78, 5) is 2.39. The quantitative estimate of drug-likeness (QED) is 0.221. The highest BCUT2D eigenvalue weighted by atomic mass is 15.2. The number of hydrogen-bond acceptors (Lipinski definition) is 3. The van der Waals surface area contributed by atoms with E-state index < -0.39 is 0 Å². The van der Waals surface area contributed by atoms with Gasteiger partial charge in [-0.1, -0.05) is 97.1 Å². The highest BCUT2D eigenvalue weighted by Crippen LogP contribution is 2.56. The SMILES string of the molecule is CC12C=CC=C[C@H]1c1ccccc1N2c1cccc(C#N)c1-c1cccc(C#N)c1-n1c2ccccc2c2ccccc21. The molecule has 2 atom stereocenters. The van der Waals surface area contributed by atoms with Gasteiger partial charge in [0.1, 0.15) is 6.07 Å². The minimum Gasteiger partial charge on any atom is -0.330 e. The largest absolute Gasteiger partial charge is 0.330 e. The first-order valence-electron chi connectivity index (χ1n) is 14.5. The van der Waals surface area contributed by atoms with Gasteiger partial charge in [0, 0.05) is 33.5 Å². The Morgan fingerprint density at radius 1 is 0.651 bits per heavy atom. The van der Waals surface area contributed by atoms with E-state index in [9.17, 15) is 10.5 Å². The normalized spacial score (nSPS) is 18.4. The molecule has 6 aromatic rings. The molecule has 1 aliphatic heterocycles. The molecular formula is C39H26N4. The molecule has 4 nitrogen and oxygen atoms in total. The van der Waals surface area contributed by atoms with E-state index in [0.717, 1.165) is 50.0 Å². The second kappa shape index (κ2) is 9.35. The van der Waals surface area contributed by atoms with Crippen LogP contribution in [0.25, 0.3) is 38.6 Å². The van der Waals surface area contributed by atoms with Crippen molar-refractivity contribution in [2.24, 2.45) is 0 Å². The van der Waals surface area contributed by atoms with Crippen LogP contribution < -0.4 is 4.90 Å². The fraction of sp³-hybridized carbons (Fsp3) is 0.0769. The van der Waals surface area contributed by atoms with Crippen molar-refractivity contribution in [1.29, 1.82) is 10.5 Å². The average Bonchev–Trinajstić information content (AvgIpc) is 3.53. The second-order valence-electron chi connectivity index (χ2n) is 11.3. The monoisotopic (exact) mass is 550 g/mol. The van der Waals surface area contributed by atoms with Crippen LogP contribution in [0.1, 0.15) is 29.5 Å². The summed E-state index contributed by atoms with van der Waals surface area (Å²) < 4.78 is 2.20. The maximum absolute atomic E-state index is 10.6. The maximum atomic E-state index is 10.6. The summed E-state index contributed by atoms with van der Waals surface area (Å²) in [5.41, 5.74) is 8.53. The molecule has 2 heterocycles. The number of aromatic nitrogens is 1. The Balaban J connectivity index is 1.49. The fourth-order valence-electron chi connectivity index (χ4n) is 7.30. The van der Waals surface area contributed by atoms with E-state index in [0.29, 0.717) is 11.1 Å². The van der Waals surface area contributed by atoms with Crippen molar-refractivity contribution in [3.8, 4) is 29.0 Å². The number of rotatable bonds is 3. The molecule has 0 N–H and O–H groups in total. The molecule has 202 valence electrons. The highest BCUT2D eigenvalue weighted by molar-refractivity contribution is 6.10. The lowest BCUT2D eigenvalue weighted by Gasteiger charge is -2.40. The molecule has 2 aliphatic rings. The molecule has 4 heteroatoms. The molecule has 8 rings (SSSR count). The zero-order valence-corrected chi connectivity index (χ0v) is 23.6. The average molecular weight is 551 g/mol. The molecule has 0 saturated heterocycles. The zero-order chi connectivity index (χ0) is 29.1. The van der Waals surface area contributed by atoms with Crippen LogP contribution >= 0.6 is 0 Å². The van der Waals surface area contributed by atoms with Gasteiger partial charge in [-0.25, -0.2) is 0 Å². The Labute approximate surface area is 250 Å². The van der Waals surface area contributed by atoms with Crippen LogP contribution in [0.5, 0.6) is 0 Å². The van der Waals surface area contributed by atoms with Crippen LogP contribution in [0.15, 0.2) is 133 Å². The number of hydrogen-bond donors (Lipinski definition) is 0. The van der Waals surface area contributed by atoms with E-state index >= 15 is 0 Å². The molecule has 0 bridgehead atoms. The third kappa shape index (κ3) is 3.41. The lowest BCUT2D eigenvalue weighted by molar-refractivity contribution is 0.542. The third-order valence-electron chi connectivity index (χ3n) is 9.11. The lowest BCUT2D eigenvalue weighted by Crippen LogP contribution is -2.42. The van der Waals surface area contributed by atoms with E-state index in [2.05, 4.69) is 113 Å². The number of nitriles is 2. The van der Waals surface area contributed by atoms with Crippen molar-refractivity contribution in [3.63, 3.8) is 0 Å². The minimum absolute atomic E-state index is 0.162. The first-order chi connectivity index (χ1) is 21.2. The Morgan fingerprint density at radius 2 is 1.28 bits per heavy atom. The van der Waals surface area contributed by atoms with Crippen LogP contribution in [0.3, 0.4) is 0 Å². The summed E-state index contributed by atoms with van der Waals surface area (Å²) in [5, 5.41) is 23.3. The van der Waals surface area contributed by atoms with Gasteiger partial charge < -0.3 is 9.47 Å². The van der Waals surface area contributed by atoms with Gasteiger partial charge in [0.05, 0.1) is 45.1 Å². The summed E-state index contributed by atoms with van der Waals surface area (Å²) in [6.07, 6.45) is 8.77. The van der Waals surface area contributed by atoms with Crippen molar-refractivity contribution < 1.29 is 0 Å². The van der Waals surface area contributed by atoms with Crippen LogP contribution in [-0.4, -0.2) is 10.1 Å². The van der Waals surface area contributed by atoms with Gasteiger partial charge in [0.25, 0.3) is 0 Å². The maximum Gasteiger partial charge on any atom is 0.101 e. The zero-order valence-electron chi connectivity index (χ0n) is 23.6. The Morgan fingerprint density at radius 3 is 2.02 bits per heavy atom. The molecule has 43 heavy (non-hydrogen) atoms. The van der Waals surface area contributed by atoms with Crippen LogP contribution in [0.2, 0.25) is 0 Å². The Kier molecular flexibility index (Phi) is 5.42. The van der Waals surface area contributed by atoms with E-state index in [1.165, 1.54) is 5.56 Å². The molecule has 0 radical (unpaired) electrons. The molecule has 0 saturated carbocycles. The lowest BCUT2D eigenvalue weighted by atomic mass is 9.80. The van der Waals surface area contributed by atoms with Gasteiger partial charge in [-0.2, -0.15) is 10.5 Å². The molecule has 1 unspecified atom stereocenters. The molecule has 5 aromatic carbocycles. The van der Waals surface area contributed by atoms with Crippen molar-refractivity contribution in [2.45, 2.75) is 18.4 Å². The summed E-state index contributed by atoms with van der Waals surface area (Å²) >= 11 is 0. The molecule has 0 amide bonds.